The molecule has 0 radical (unpaired) electrons. The van der Waals surface area contributed by atoms with Gasteiger partial charge in [-0.05, 0) is 37.0 Å². The largest absolute Gasteiger partial charge is 0.481 e. The highest BCUT2D eigenvalue weighted by molar-refractivity contribution is 7.13. The van der Waals surface area contributed by atoms with Crippen molar-refractivity contribution >= 4 is 22.4 Å². The summed E-state index contributed by atoms with van der Waals surface area (Å²) in [6.45, 7) is 1.03. The Kier molecular flexibility index (Phi) is 3.73. The van der Waals surface area contributed by atoms with E-state index in [0.717, 1.165) is 35.1 Å². The van der Waals surface area contributed by atoms with Gasteiger partial charge in [0.25, 0.3) is 0 Å². The molecule has 1 heterocycles. The lowest BCUT2D eigenvalue weighted by Crippen LogP contribution is -2.20. The van der Waals surface area contributed by atoms with E-state index in [1.807, 2.05) is 5.38 Å². The molecule has 2 aliphatic rings. The molecule has 2 saturated carbocycles. The molecule has 0 saturated heterocycles. The molecule has 2 aliphatic carbocycles. The lowest BCUT2D eigenvalue weighted by Gasteiger charge is -2.21. The van der Waals surface area contributed by atoms with E-state index in [0.29, 0.717) is 6.42 Å². The first-order valence-electron chi connectivity index (χ1n) is 7.11. The van der Waals surface area contributed by atoms with Crippen LogP contribution in [0.5, 0.6) is 0 Å². The Bertz CT molecular complexity index is 460. The molecule has 2 N–H and O–H groups in total. The van der Waals surface area contributed by atoms with Crippen LogP contribution < -0.4 is 5.32 Å². The van der Waals surface area contributed by atoms with E-state index in [2.05, 4.69) is 10.3 Å². The lowest BCUT2D eigenvalue weighted by atomic mass is 9.89. The number of hydrogen-bond donors (Lipinski definition) is 2. The van der Waals surface area contributed by atoms with Crippen LogP contribution in [0.4, 0.5) is 5.13 Å². The first kappa shape index (κ1) is 12.9. The monoisotopic (exact) mass is 280 g/mol. The zero-order valence-electron chi connectivity index (χ0n) is 11.0. The number of nitrogens with zero attached hydrogens (tertiary/aromatic N) is 1. The van der Waals surface area contributed by atoms with Gasteiger partial charge in [0.15, 0.2) is 5.13 Å². The molecule has 0 aromatic carbocycles. The Morgan fingerprint density at radius 1 is 1.47 bits per heavy atom. The Hall–Kier alpha value is -1.10. The third kappa shape index (κ3) is 3.08. The average Bonchev–Trinajstić information content (AvgIpc) is 3.10. The van der Waals surface area contributed by atoms with Crippen LogP contribution in [0.1, 0.15) is 37.8 Å². The van der Waals surface area contributed by atoms with Gasteiger partial charge in [-0.15, -0.1) is 11.3 Å². The smallest absolute Gasteiger partial charge is 0.303 e. The van der Waals surface area contributed by atoms with Gasteiger partial charge < -0.3 is 10.4 Å². The summed E-state index contributed by atoms with van der Waals surface area (Å²) in [6, 6.07) is 0. The Morgan fingerprint density at radius 3 is 3.05 bits per heavy atom. The fraction of sp³-hybridized carbons (Fsp3) is 0.714. The SMILES string of the molecule is O=C(O)CCc1csc(NCC2CC3CCC2C3)n1. The number of fused-ring (bicyclic) bond motifs is 2. The summed E-state index contributed by atoms with van der Waals surface area (Å²) in [5, 5.41) is 15.0. The highest BCUT2D eigenvalue weighted by Crippen LogP contribution is 2.48. The maximum atomic E-state index is 10.5. The van der Waals surface area contributed by atoms with Crippen molar-refractivity contribution < 1.29 is 9.90 Å². The maximum absolute atomic E-state index is 10.5. The molecule has 3 unspecified atom stereocenters. The number of carbonyl (C=O) groups is 1. The molecule has 3 atom stereocenters. The van der Waals surface area contributed by atoms with Crippen LogP contribution in [0, 0.1) is 17.8 Å². The van der Waals surface area contributed by atoms with Gasteiger partial charge in [-0.1, -0.05) is 6.42 Å². The van der Waals surface area contributed by atoms with Crippen LogP contribution in [-0.2, 0) is 11.2 Å². The topological polar surface area (TPSA) is 62.2 Å². The van der Waals surface area contributed by atoms with Gasteiger partial charge in [-0.25, -0.2) is 4.98 Å². The van der Waals surface area contributed by atoms with Crippen molar-refractivity contribution in [3.05, 3.63) is 11.1 Å². The first-order chi connectivity index (χ1) is 9.20. The Balaban J connectivity index is 1.46. The van der Waals surface area contributed by atoms with Crippen LogP contribution in [0.2, 0.25) is 0 Å². The number of aromatic nitrogens is 1. The summed E-state index contributed by atoms with van der Waals surface area (Å²) in [4.78, 5) is 15.0. The van der Waals surface area contributed by atoms with Crippen molar-refractivity contribution in [1.29, 1.82) is 0 Å². The number of carboxylic acid groups (broad SMARTS) is 1. The first-order valence-corrected chi connectivity index (χ1v) is 7.98. The van der Waals surface area contributed by atoms with Gasteiger partial charge in [0.1, 0.15) is 0 Å². The molecule has 104 valence electrons. The minimum atomic E-state index is -0.760. The number of hydrogen-bond acceptors (Lipinski definition) is 4. The molecule has 4 nitrogen and oxygen atoms in total. The number of anilines is 1. The van der Waals surface area contributed by atoms with E-state index >= 15 is 0 Å². The second-order valence-electron chi connectivity index (χ2n) is 5.85. The predicted molar refractivity (Wildman–Crippen MR) is 75.5 cm³/mol. The van der Waals surface area contributed by atoms with Gasteiger partial charge in [0.05, 0.1) is 12.1 Å². The van der Waals surface area contributed by atoms with Crippen LogP contribution in [0.3, 0.4) is 0 Å². The van der Waals surface area contributed by atoms with E-state index in [1.54, 1.807) is 11.3 Å². The highest BCUT2D eigenvalue weighted by atomic mass is 32.1. The Labute approximate surface area is 117 Å². The van der Waals surface area contributed by atoms with Crippen LogP contribution in [0.15, 0.2) is 5.38 Å². The molecule has 2 fully saturated rings. The minimum absolute atomic E-state index is 0.162. The number of nitrogens with one attached hydrogen (secondary N) is 1. The molecule has 3 rings (SSSR count). The summed E-state index contributed by atoms with van der Waals surface area (Å²) in [7, 11) is 0. The molecule has 0 aliphatic heterocycles. The fourth-order valence-electron chi connectivity index (χ4n) is 3.58. The van der Waals surface area contributed by atoms with E-state index in [1.165, 1.54) is 25.7 Å². The highest BCUT2D eigenvalue weighted by Gasteiger charge is 2.39. The lowest BCUT2D eigenvalue weighted by molar-refractivity contribution is -0.136. The van der Waals surface area contributed by atoms with Crippen molar-refractivity contribution in [3.8, 4) is 0 Å². The third-order valence-corrected chi connectivity index (χ3v) is 5.40. The zero-order chi connectivity index (χ0) is 13.2. The fourth-order valence-corrected chi connectivity index (χ4v) is 4.34. The number of aryl methyl sites for hydroxylation is 1. The predicted octanol–water partition coefficient (Wildman–Crippen LogP) is 3.01. The number of thiazole rings is 1. The van der Waals surface area contributed by atoms with Crippen LogP contribution in [-0.4, -0.2) is 22.6 Å². The molecule has 5 heteroatoms. The van der Waals surface area contributed by atoms with E-state index in [9.17, 15) is 4.79 Å². The standard InChI is InChI=1S/C14H20N2O2S/c17-13(18)4-3-12-8-19-14(16-12)15-7-11-6-9-1-2-10(11)5-9/h8-11H,1-7H2,(H,15,16)(H,17,18). The van der Waals surface area contributed by atoms with Gasteiger partial charge in [-0.3, -0.25) is 4.79 Å². The van der Waals surface area contributed by atoms with Crippen molar-refractivity contribution in [2.75, 3.05) is 11.9 Å². The summed E-state index contributed by atoms with van der Waals surface area (Å²) in [6.07, 6.45) is 6.37. The summed E-state index contributed by atoms with van der Waals surface area (Å²) in [5.74, 6) is 1.98. The average molecular weight is 280 g/mol. The quantitative estimate of drug-likeness (QED) is 0.841. The molecular formula is C14H20N2O2S. The molecule has 1 aromatic heterocycles. The normalized spacial score (nSPS) is 28.7. The van der Waals surface area contributed by atoms with Gasteiger partial charge >= 0.3 is 5.97 Å². The molecule has 2 bridgehead atoms. The third-order valence-electron chi connectivity index (χ3n) is 4.55. The van der Waals surface area contributed by atoms with Gasteiger partial charge in [0.2, 0.25) is 0 Å². The summed E-state index contributed by atoms with van der Waals surface area (Å²) >= 11 is 1.59. The second kappa shape index (κ2) is 5.49. The molecular weight excluding hydrogens is 260 g/mol. The van der Waals surface area contributed by atoms with Gasteiger partial charge in [0, 0.05) is 18.3 Å². The number of carboxylic acids is 1. The Morgan fingerprint density at radius 2 is 2.37 bits per heavy atom. The zero-order valence-corrected chi connectivity index (χ0v) is 11.8. The van der Waals surface area contributed by atoms with E-state index < -0.39 is 5.97 Å². The van der Waals surface area contributed by atoms with Gasteiger partial charge in [-0.2, -0.15) is 0 Å². The van der Waals surface area contributed by atoms with E-state index in [-0.39, 0.29) is 6.42 Å². The molecule has 0 spiro atoms. The van der Waals surface area contributed by atoms with Crippen molar-refractivity contribution in [2.24, 2.45) is 17.8 Å². The van der Waals surface area contributed by atoms with E-state index in [4.69, 9.17) is 5.11 Å². The van der Waals surface area contributed by atoms with Crippen molar-refractivity contribution in [2.45, 2.75) is 38.5 Å². The molecule has 19 heavy (non-hydrogen) atoms. The molecule has 0 amide bonds. The summed E-state index contributed by atoms with van der Waals surface area (Å²) < 4.78 is 0. The number of aliphatic carboxylic acids is 1. The maximum Gasteiger partial charge on any atom is 0.303 e. The summed E-state index contributed by atoms with van der Waals surface area (Å²) in [5.41, 5.74) is 0.892. The number of rotatable bonds is 6. The van der Waals surface area contributed by atoms with Crippen molar-refractivity contribution in [3.63, 3.8) is 0 Å². The van der Waals surface area contributed by atoms with Crippen molar-refractivity contribution in [1.82, 2.24) is 4.98 Å². The minimum Gasteiger partial charge on any atom is -0.481 e. The molecule has 1 aromatic rings. The van der Waals surface area contributed by atoms with Crippen LogP contribution >= 0.6 is 11.3 Å². The second-order valence-corrected chi connectivity index (χ2v) is 6.71. The van der Waals surface area contributed by atoms with Crippen LogP contribution in [0.25, 0.3) is 0 Å².